The van der Waals surface area contributed by atoms with Crippen molar-refractivity contribution in [1.82, 2.24) is 9.78 Å². The lowest BCUT2D eigenvalue weighted by molar-refractivity contribution is 0.142. The highest BCUT2D eigenvalue weighted by molar-refractivity contribution is 5.15. The molecule has 0 saturated heterocycles. The summed E-state index contributed by atoms with van der Waals surface area (Å²) in [4.78, 5) is 0. The van der Waals surface area contributed by atoms with Gasteiger partial charge in [-0.05, 0) is 37.5 Å². The van der Waals surface area contributed by atoms with Crippen LogP contribution in [0.15, 0.2) is 12.4 Å². The van der Waals surface area contributed by atoms with Crippen LogP contribution in [0.3, 0.4) is 0 Å². The fourth-order valence-electron chi connectivity index (χ4n) is 3.44. The molecule has 1 aromatic rings. The number of aliphatic hydroxyl groups excluding tert-OH is 1. The number of hydrogen-bond donors (Lipinski definition) is 1. The van der Waals surface area contributed by atoms with Crippen LogP contribution >= 0.6 is 0 Å². The Labute approximate surface area is 96.5 Å². The lowest BCUT2D eigenvalue weighted by atomic mass is 10.0. The van der Waals surface area contributed by atoms with Gasteiger partial charge in [0.15, 0.2) is 0 Å². The van der Waals surface area contributed by atoms with Crippen LogP contribution in [0, 0.1) is 17.8 Å². The molecule has 3 nitrogen and oxygen atoms in total. The second-order valence-electron chi connectivity index (χ2n) is 5.26. The van der Waals surface area contributed by atoms with E-state index in [1.54, 1.807) is 0 Å². The Morgan fingerprint density at radius 1 is 1.44 bits per heavy atom. The second kappa shape index (κ2) is 3.88. The van der Waals surface area contributed by atoms with E-state index in [9.17, 15) is 5.11 Å². The average molecular weight is 220 g/mol. The van der Waals surface area contributed by atoms with E-state index in [0.29, 0.717) is 5.92 Å². The minimum atomic E-state index is -0.270. The average Bonchev–Trinajstić information content (AvgIpc) is 2.84. The molecule has 0 amide bonds. The largest absolute Gasteiger partial charge is 0.388 e. The highest BCUT2D eigenvalue weighted by atomic mass is 16.3. The first-order valence-electron chi connectivity index (χ1n) is 6.51. The van der Waals surface area contributed by atoms with Crippen LogP contribution in [0.25, 0.3) is 0 Å². The molecule has 0 spiro atoms. The van der Waals surface area contributed by atoms with Crippen LogP contribution < -0.4 is 0 Å². The third-order valence-corrected chi connectivity index (χ3v) is 4.41. The first-order chi connectivity index (χ1) is 7.81. The Bertz CT molecular complexity index is 362. The Kier molecular flexibility index (Phi) is 2.51. The van der Waals surface area contributed by atoms with Crippen LogP contribution in [0.4, 0.5) is 0 Å². The molecule has 2 saturated carbocycles. The van der Waals surface area contributed by atoms with Gasteiger partial charge in [0.25, 0.3) is 0 Å². The number of aryl methyl sites for hydroxylation is 1. The van der Waals surface area contributed by atoms with Crippen LogP contribution in [0.1, 0.15) is 44.3 Å². The smallest absolute Gasteiger partial charge is 0.0854 e. The number of aliphatic hydroxyl groups is 1. The van der Waals surface area contributed by atoms with Gasteiger partial charge in [-0.15, -0.1) is 0 Å². The number of aromatic nitrogens is 2. The summed E-state index contributed by atoms with van der Waals surface area (Å²) in [5, 5.41) is 14.6. The van der Waals surface area contributed by atoms with E-state index in [1.807, 2.05) is 17.1 Å². The van der Waals surface area contributed by atoms with E-state index < -0.39 is 0 Å². The molecular weight excluding hydrogens is 200 g/mol. The van der Waals surface area contributed by atoms with Crippen molar-refractivity contribution in [2.24, 2.45) is 17.8 Å². The molecule has 2 aliphatic carbocycles. The molecular formula is C13H20N2O. The summed E-state index contributed by atoms with van der Waals surface area (Å²) in [7, 11) is 0. The van der Waals surface area contributed by atoms with Crippen LogP contribution in [0.2, 0.25) is 0 Å². The first-order valence-corrected chi connectivity index (χ1v) is 6.51. The fourth-order valence-corrected chi connectivity index (χ4v) is 3.44. The van der Waals surface area contributed by atoms with Crippen LogP contribution in [-0.4, -0.2) is 14.9 Å². The molecule has 3 heteroatoms. The molecule has 2 aliphatic rings. The molecule has 16 heavy (non-hydrogen) atoms. The third kappa shape index (κ3) is 1.58. The molecule has 88 valence electrons. The van der Waals surface area contributed by atoms with Gasteiger partial charge < -0.3 is 5.11 Å². The first kappa shape index (κ1) is 10.3. The summed E-state index contributed by atoms with van der Waals surface area (Å²) in [6.07, 6.45) is 8.93. The number of hydrogen-bond acceptors (Lipinski definition) is 2. The van der Waals surface area contributed by atoms with Crippen molar-refractivity contribution >= 4 is 0 Å². The molecule has 0 bridgehead atoms. The Morgan fingerprint density at radius 2 is 2.12 bits per heavy atom. The highest BCUT2D eigenvalue weighted by Crippen LogP contribution is 2.60. The minimum absolute atomic E-state index is 0.270. The van der Waals surface area contributed by atoms with Gasteiger partial charge in [-0.3, -0.25) is 4.68 Å². The van der Waals surface area contributed by atoms with E-state index in [-0.39, 0.29) is 6.10 Å². The van der Waals surface area contributed by atoms with Gasteiger partial charge in [0.1, 0.15) is 0 Å². The predicted molar refractivity (Wildman–Crippen MR) is 61.8 cm³/mol. The predicted octanol–water partition coefficient (Wildman–Crippen LogP) is 2.37. The Hall–Kier alpha value is -0.830. The fraction of sp³-hybridized carbons (Fsp3) is 0.769. The molecule has 1 aromatic heterocycles. The van der Waals surface area contributed by atoms with Crippen molar-refractivity contribution in [1.29, 1.82) is 0 Å². The van der Waals surface area contributed by atoms with E-state index in [1.165, 1.54) is 25.7 Å². The van der Waals surface area contributed by atoms with Crippen molar-refractivity contribution < 1.29 is 5.11 Å². The maximum atomic E-state index is 10.3. The topological polar surface area (TPSA) is 38.0 Å². The van der Waals surface area contributed by atoms with Crippen molar-refractivity contribution in [2.75, 3.05) is 0 Å². The molecule has 3 rings (SSSR count). The third-order valence-electron chi connectivity index (χ3n) is 4.41. The van der Waals surface area contributed by atoms with Crippen molar-refractivity contribution in [3.05, 3.63) is 18.0 Å². The van der Waals surface area contributed by atoms with E-state index in [4.69, 9.17) is 0 Å². The molecule has 0 aromatic carbocycles. The SMILES string of the molecule is CCn1cc(C(O)C2C3CCCCC32)cn1. The zero-order valence-corrected chi connectivity index (χ0v) is 9.84. The van der Waals surface area contributed by atoms with Gasteiger partial charge in [0.05, 0.1) is 12.3 Å². The van der Waals surface area contributed by atoms with Crippen LogP contribution in [0.5, 0.6) is 0 Å². The summed E-state index contributed by atoms with van der Waals surface area (Å²) in [6, 6.07) is 0. The van der Waals surface area contributed by atoms with Crippen molar-refractivity contribution in [3.63, 3.8) is 0 Å². The standard InChI is InChI=1S/C13H20N2O/c1-2-15-8-9(7-14-15)13(16)12-10-5-3-4-6-11(10)12/h7-8,10-13,16H,2-6H2,1H3. The summed E-state index contributed by atoms with van der Waals surface area (Å²) >= 11 is 0. The summed E-state index contributed by atoms with van der Waals surface area (Å²) < 4.78 is 1.89. The molecule has 3 unspecified atom stereocenters. The quantitative estimate of drug-likeness (QED) is 0.849. The number of rotatable bonds is 3. The van der Waals surface area contributed by atoms with Gasteiger partial charge in [0.2, 0.25) is 0 Å². The lowest BCUT2D eigenvalue weighted by Crippen LogP contribution is -2.01. The maximum absolute atomic E-state index is 10.3. The Morgan fingerprint density at radius 3 is 2.69 bits per heavy atom. The molecule has 1 heterocycles. The van der Waals surface area contributed by atoms with Gasteiger partial charge >= 0.3 is 0 Å². The molecule has 0 radical (unpaired) electrons. The molecule has 0 aliphatic heterocycles. The van der Waals surface area contributed by atoms with Crippen molar-refractivity contribution in [2.45, 2.75) is 45.3 Å². The molecule has 2 fully saturated rings. The van der Waals surface area contributed by atoms with Crippen LogP contribution in [-0.2, 0) is 6.54 Å². The number of nitrogens with zero attached hydrogens (tertiary/aromatic N) is 2. The van der Waals surface area contributed by atoms with Crippen molar-refractivity contribution in [3.8, 4) is 0 Å². The van der Waals surface area contributed by atoms with Gasteiger partial charge in [-0.1, -0.05) is 12.8 Å². The van der Waals surface area contributed by atoms with Gasteiger partial charge in [0, 0.05) is 18.3 Å². The zero-order chi connectivity index (χ0) is 11.1. The zero-order valence-electron chi connectivity index (χ0n) is 9.84. The lowest BCUT2D eigenvalue weighted by Gasteiger charge is -2.06. The summed E-state index contributed by atoms with van der Waals surface area (Å²) in [5.74, 6) is 2.12. The number of fused-ring (bicyclic) bond motifs is 1. The van der Waals surface area contributed by atoms with E-state index in [0.717, 1.165) is 23.9 Å². The van der Waals surface area contributed by atoms with Gasteiger partial charge in [-0.25, -0.2) is 0 Å². The summed E-state index contributed by atoms with van der Waals surface area (Å²) in [6.45, 7) is 2.95. The van der Waals surface area contributed by atoms with E-state index in [2.05, 4.69) is 12.0 Å². The Balaban J connectivity index is 1.71. The summed E-state index contributed by atoms with van der Waals surface area (Å²) in [5.41, 5.74) is 1.02. The van der Waals surface area contributed by atoms with E-state index >= 15 is 0 Å². The molecule has 1 N–H and O–H groups in total. The maximum Gasteiger partial charge on any atom is 0.0854 e. The monoisotopic (exact) mass is 220 g/mol. The second-order valence-corrected chi connectivity index (χ2v) is 5.26. The normalized spacial score (nSPS) is 34.5. The van der Waals surface area contributed by atoms with Gasteiger partial charge in [-0.2, -0.15) is 5.10 Å². The minimum Gasteiger partial charge on any atom is -0.388 e. The highest BCUT2D eigenvalue weighted by Gasteiger charge is 2.54. The molecule has 3 atom stereocenters.